The van der Waals surface area contributed by atoms with Crippen molar-refractivity contribution in [3.8, 4) is 0 Å². The quantitative estimate of drug-likeness (QED) is 0.541. The molecule has 0 saturated heterocycles. The van der Waals surface area contributed by atoms with E-state index in [-0.39, 0.29) is 5.78 Å². The maximum atomic E-state index is 11.6. The molecule has 15 heavy (non-hydrogen) atoms. The Morgan fingerprint density at radius 2 is 2.20 bits per heavy atom. The van der Waals surface area contributed by atoms with E-state index in [1.54, 1.807) is 6.92 Å². The molecule has 1 unspecified atom stereocenters. The number of esters is 1. The lowest BCUT2D eigenvalue weighted by Crippen LogP contribution is -2.20. The average Bonchev–Trinajstić information content (AvgIpc) is 2.54. The van der Waals surface area contributed by atoms with Crippen molar-refractivity contribution in [1.82, 2.24) is 0 Å². The molecule has 0 bridgehead atoms. The van der Waals surface area contributed by atoms with Gasteiger partial charge >= 0.3 is 5.97 Å². The lowest BCUT2D eigenvalue weighted by molar-refractivity contribution is -0.147. The molecule has 3 heteroatoms. The van der Waals surface area contributed by atoms with Crippen LogP contribution < -0.4 is 0 Å². The second-order valence-corrected chi connectivity index (χ2v) is 3.53. The SMILES string of the molecule is CCOC(=O)C1C(=O)Cc2ccccc21. The lowest BCUT2D eigenvalue weighted by atomic mass is 10.0. The van der Waals surface area contributed by atoms with Gasteiger partial charge in [-0.1, -0.05) is 24.3 Å². The maximum Gasteiger partial charge on any atom is 0.321 e. The minimum absolute atomic E-state index is 0.0605. The van der Waals surface area contributed by atoms with Gasteiger partial charge in [-0.2, -0.15) is 0 Å². The van der Waals surface area contributed by atoms with Crippen LogP contribution in [0.5, 0.6) is 0 Å². The second kappa shape index (κ2) is 3.85. The summed E-state index contributed by atoms with van der Waals surface area (Å²) in [5.41, 5.74) is 1.75. The van der Waals surface area contributed by atoms with Crippen molar-refractivity contribution < 1.29 is 14.3 Å². The molecule has 1 aromatic carbocycles. The molecule has 0 spiro atoms. The fourth-order valence-electron chi connectivity index (χ4n) is 1.92. The van der Waals surface area contributed by atoms with Gasteiger partial charge < -0.3 is 4.74 Å². The summed E-state index contributed by atoms with van der Waals surface area (Å²) in [6.45, 7) is 2.05. The van der Waals surface area contributed by atoms with E-state index in [0.29, 0.717) is 13.0 Å². The third-order valence-electron chi connectivity index (χ3n) is 2.58. The van der Waals surface area contributed by atoms with E-state index in [9.17, 15) is 9.59 Å². The Balaban J connectivity index is 2.33. The number of ketones is 1. The van der Waals surface area contributed by atoms with E-state index in [0.717, 1.165) is 11.1 Å². The first-order valence-corrected chi connectivity index (χ1v) is 5.01. The number of ether oxygens (including phenoxy) is 1. The molecule has 1 atom stereocenters. The minimum atomic E-state index is -0.693. The number of carbonyl (C=O) groups excluding carboxylic acids is 2. The predicted octanol–water partition coefficient (Wildman–Crippen LogP) is 1.46. The molecule has 0 amide bonds. The van der Waals surface area contributed by atoms with Crippen LogP contribution in [0.2, 0.25) is 0 Å². The number of fused-ring (bicyclic) bond motifs is 1. The average molecular weight is 204 g/mol. The van der Waals surface area contributed by atoms with Gasteiger partial charge in [0.2, 0.25) is 0 Å². The van der Waals surface area contributed by atoms with Crippen LogP contribution in [0.15, 0.2) is 24.3 Å². The highest BCUT2D eigenvalue weighted by molar-refractivity contribution is 6.08. The number of Topliss-reactive ketones (excluding diaryl/α,β-unsaturated/α-hetero) is 1. The Bertz CT molecular complexity index is 409. The van der Waals surface area contributed by atoms with E-state index in [2.05, 4.69) is 0 Å². The molecule has 0 N–H and O–H groups in total. The molecular weight excluding hydrogens is 192 g/mol. The molecule has 0 aromatic heterocycles. The first kappa shape index (κ1) is 9.90. The molecule has 1 aliphatic carbocycles. The minimum Gasteiger partial charge on any atom is -0.465 e. The van der Waals surface area contributed by atoms with E-state index >= 15 is 0 Å². The van der Waals surface area contributed by atoms with Gasteiger partial charge in [0, 0.05) is 6.42 Å². The van der Waals surface area contributed by atoms with Gasteiger partial charge in [0.05, 0.1) is 6.61 Å². The van der Waals surface area contributed by atoms with Crippen LogP contribution in [0.4, 0.5) is 0 Å². The van der Waals surface area contributed by atoms with Crippen LogP contribution >= 0.6 is 0 Å². The number of hydrogen-bond acceptors (Lipinski definition) is 3. The van der Waals surface area contributed by atoms with Crippen LogP contribution in [-0.2, 0) is 20.7 Å². The summed E-state index contributed by atoms with van der Waals surface area (Å²) in [4.78, 5) is 23.2. The van der Waals surface area contributed by atoms with Crippen molar-refractivity contribution >= 4 is 11.8 Å². The monoisotopic (exact) mass is 204 g/mol. The highest BCUT2D eigenvalue weighted by Crippen LogP contribution is 2.30. The summed E-state index contributed by atoms with van der Waals surface area (Å²) in [6, 6.07) is 7.41. The fraction of sp³-hybridized carbons (Fsp3) is 0.333. The second-order valence-electron chi connectivity index (χ2n) is 3.53. The molecule has 0 saturated carbocycles. The van der Waals surface area contributed by atoms with Crippen molar-refractivity contribution in [2.75, 3.05) is 6.61 Å². The molecule has 3 nitrogen and oxygen atoms in total. The number of hydrogen-bond donors (Lipinski definition) is 0. The van der Waals surface area contributed by atoms with Gasteiger partial charge in [-0.25, -0.2) is 0 Å². The Morgan fingerprint density at radius 3 is 2.93 bits per heavy atom. The van der Waals surface area contributed by atoms with Crippen molar-refractivity contribution in [3.05, 3.63) is 35.4 Å². The number of carbonyl (C=O) groups is 2. The zero-order valence-corrected chi connectivity index (χ0v) is 8.53. The van der Waals surface area contributed by atoms with E-state index in [4.69, 9.17) is 4.74 Å². The van der Waals surface area contributed by atoms with Crippen LogP contribution in [-0.4, -0.2) is 18.4 Å². The standard InChI is InChI=1S/C12H12O3/c1-2-15-12(14)11-9-6-4-3-5-8(9)7-10(11)13/h3-6,11H,2,7H2,1H3. The van der Waals surface area contributed by atoms with Gasteiger partial charge in [0.1, 0.15) is 5.92 Å². The molecule has 0 heterocycles. The molecule has 0 radical (unpaired) electrons. The normalized spacial score (nSPS) is 18.7. The van der Waals surface area contributed by atoms with Crippen molar-refractivity contribution in [2.45, 2.75) is 19.3 Å². The van der Waals surface area contributed by atoms with Gasteiger partial charge in [0.15, 0.2) is 5.78 Å². The highest BCUT2D eigenvalue weighted by atomic mass is 16.5. The smallest absolute Gasteiger partial charge is 0.321 e. The fourth-order valence-corrected chi connectivity index (χ4v) is 1.92. The predicted molar refractivity (Wildman–Crippen MR) is 54.5 cm³/mol. The number of rotatable bonds is 2. The highest BCUT2D eigenvalue weighted by Gasteiger charge is 2.36. The summed E-state index contributed by atoms with van der Waals surface area (Å²) < 4.78 is 4.89. The van der Waals surface area contributed by atoms with Crippen LogP contribution in [0.3, 0.4) is 0 Å². The van der Waals surface area contributed by atoms with Gasteiger partial charge in [-0.05, 0) is 18.1 Å². The zero-order chi connectivity index (χ0) is 10.8. The van der Waals surface area contributed by atoms with Crippen molar-refractivity contribution in [1.29, 1.82) is 0 Å². The third kappa shape index (κ3) is 1.65. The zero-order valence-electron chi connectivity index (χ0n) is 8.53. The molecule has 2 rings (SSSR count). The van der Waals surface area contributed by atoms with Crippen LogP contribution in [0, 0.1) is 0 Å². The van der Waals surface area contributed by atoms with Crippen LogP contribution in [0.25, 0.3) is 0 Å². The largest absolute Gasteiger partial charge is 0.465 e. The Labute approximate surface area is 88.1 Å². The van der Waals surface area contributed by atoms with Gasteiger partial charge in [-0.15, -0.1) is 0 Å². The Morgan fingerprint density at radius 1 is 1.47 bits per heavy atom. The molecule has 0 fully saturated rings. The molecule has 78 valence electrons. The first-order valence-electron chi connectivity index (χ1n) is 5.01. The lowest BCUT2D eigenvalue weighted by Gasteiger charge is -2.08. The van der Waals surface area contributed by atoms with E-state index < -0.39 is 11.9 Å². The molecule has 0 aliphatic heterocycles. The molecule has 1 aliphatic rings. The Hall–Kier alpha value is -1.64. The molecular formula is C12H12O3. The summed E-state index contributed by atoms with van der Waals surface area (Å²) in [5, 5.41) is 0. The van der Waals surface area contributed by atoms with Crippen LogP contribution in [0.1, 0.15) is 24.0 Å². The van der Waals surface area contributed by atoms with E-state index in [1.807, 2.05) is 24.3 Å². The van der Waals surface area contributed by atoms with Gasteiger partial charge in [0.25, 0.3) is 0 Å². The molecule has 1 aromatic rings. The Kier molecular flexibility index (Phi) is 2.54. The number of benzene rings is 1. The summed E-state index contributed by atoms with van der Waals surface area (Å²) in [7, 11) is 0. The summed E-state index contributed by atoms with van der Waals surface area (Å²) in [5.74, 6) is -1.18. The van der Waals surface area contributed by atoms with Crippen molar-refractivity contribution in [3.63, 3.8) is 0 Å². The van der Waals surface area contributed by atoms with E-state index in [1.165, 1.54) is 0 Å². The topological polar surface area (TPSA) is 43.4 Å². The van der Waals surface area contributed by atoms with Crippen molar-refractivity contribution in [2.24, 2.45) is 0 Å². The van der Waals surface area contributed by atoms with Gasteiger partial charge in [-0.3, -0.25) is 9.59 Å². The summed E-state index contributed by atoms with van der Waals surface area (Å²) in [6.07, 6.45) is 0.347. The first-order chi connectivity index (χ1) is 7.24. The summed E-state index contributed by atoms with van der Waals surface area (Å²) >= 11 is 0. The maximum absolute atomic E-state index is 11.6. The third-order valence-corrected chi connectivity index (χ3v) is 2.58.